The van der Waals surface area contributed by atoms with E-state index >= 15 is 0 Å². The van der Waals surface area contributed by atoms with Gasteiger partial charge in [-0.15, -0.1) is 0 Å². The second kappa shape index (κ2) is 6.20. The van der Waals surface area contributed by atoms with Gasteiger partial charge in [0.1, 0.15) is 0 Å². The van der Waals surface area contributed by atoms with Crippen LogP contribution in [0.15, 0.2) is 46.9 Å². The maximum atomic E-state index is 12.6. The molecule has 1 N–H and O–H groups in total. The van der Waals surface area contributed by atoms with Gasteiger partial charge in [-0.05, 0) is 35.2 Å². The van der Waals surface area contributed by atoms with E-state index in [-0.39, 0.29) is 11.3 Å². The highest BCUT2D eigenvalue weighted by molar-refractivity contribution is 9.10. The minimum absolute atomic E-state index is 0.102. The summed E-state index contributed by atoms with van der Waals surface area (Å²) in [4.78, 5) is 12.6. The molecular weight excluding hydrogens is 350 g/mol. The molecule has 1 amide bonds. The van der Waals surface area contributed by atoms with E-state index in [1.807, 2.05) is 30.3 Å². The summed E-state index contributed by atoms with van der Waals surface area (Å²) >= 11 is 9.50. The minimum Gasteiger partial charge on any atom is -0.321 e. The lowest BCUT2D eigenvalue weighted by Gasteiger charge is -2.22. The smallest absolute Gasteiger partial charge is 0.256 e. The molecule has 2 rings (SSSR count). The Morgan fingerprint density at radius 1 is 1.14 bits per heavy atom. The van der Waals surface area contributed by atoms with Crippen LogP contribution in [0.1, 0.15) is 36.7 Å². The lowest BCUT2D eigenvalue weighted by atomic mass is 9.83. The molecule has 4 heteroatoms. The topological polar surface area (TPSA) is 29.1 Å². The van der Waals surface area contributed by atoms with E-state index in [1.54, 1.807) is 12.1 Å². The molecule has 2 nitrogen and oxygen atoms in total. The maximum absolute atomic E-state index is 12.6. The second-order valence-corrected chi connectivity index (χ2v) is 7.20. The van der Waals surface area contributed by atoms with Gasteiger partial charge in [0.05, 0.1) is 10.7 Å². The third-order valence-corrected chi connectivity index (χ3v) is 3.98. The standard InChI is InChI=1S/C17H17BrClNO/c1-17(2,3)13-7-5-4-6-12(13)16(21)20-15-10-11(18)8-9-14(15)19/h4-10H,1-3H3,(H,20,21). The monoisotopic (exact) mass is 365 g/mol. The molecule has 0 unspecified atom stereocenters. The number of carbonyl (C=O) groups excluding carboxylic acids is 1. The molecule has 0 heterocycles. The van der Waals surface area contributed by atoms with Crippen molar-refractivity contribution in [3.8, 4) is 0 Å². The van der Waals surface area contributed by atoms with E-state index in [2.05, 4.69) is 42.0 Å². The van der Waals surface area contributed by atoms with Crippen LogP contribution in [0.25, 0.3) is 0 Å². The Morgan fingerprint density at radius 3 is 2.48 bits per heavy atom. The summed E-state index contributed by atoms with van der Waals surface area (Å²) in [5.74, 6) is -0.152. The first-order chi connectivity index (χ1) is 9.79. The number of hydrogen-bond acceptors (Lipinski definition) is 1. The van der Waals surface area contributed by atoms with Gasteiger partial charge in [0.15, 0.2) is 0 Å². The van der Waals surface area contributed by atoms with E-state index in [9.17, 15) is 4.79 Å². The Morgan fingerprint density at radius 2 is 1.81 bits per heavy atom. The van der Waals surface area contributed by atoms with Crippen molar-refractivity contribution in [2.45, 2.75) is 26.2 Å². The van der Waals surface area contributed by atoms with E-state index in [4.69, 9.17) is 11.6 Å². The van der Waals surface area contributed by atoms with Gasteiger partial charge >= 0.3 is 0 Å². The van der Waals surface area contributed by atoms with Gasteiger partial charge in [-0.3, -0.25) is 4.79 Å². The molecule has 0 radical (unpaired) electrons. The van der Waals surface area contributed by atoms with E-state index < -0.39 is 0 Å². The molecule has 0 saturated carbocycles. The first-order valence-electron chi connectivity index (χ1n) is 6.65. The molecule has 0 saturated heterocycles. The van der Waals surface area contributed by atoms with Crippen molar-refractivity contribution in [3.63, 3.8) is 0 Å². The SMILES string of the molecule is CC(C)(C)c1ccccc1C(=O)Nc1cc(Br)ccc1Cl. The predicted molar refractivity (Wildman–Crippen MR) is 92.2 cm³/mol. The first-order valence-corrected chi connectivity index (χ1v) is 7.82. The van der Waals surface area contributed by atoms with Gasteiger partial charge < -0.3 is 5.32 Å². The molecule has 0 fully saturated rings. The summed E-state index contributed by atoms with van der Waals surface area (Å²) in [6.07, 6.45) is 0. The maximum Gasteiger partial charge on any atom is 0.256 e. The van der Waals surface area contributed by atoms with Crippen LogP contribution in [0.4, 0.5) is 5.69 Å². The number of rotatable bonds is 2. The highest BCUT2D eigenvalue weighted by atomic mass is 79.9. The molecule has 0 aliphatic rings. The van der Waals surface area contributed by atoms with Crippen LogP contribution in [-0.2, 0) is 5.41 Å². The van der Waals surface area contributed by atoms with Gasteiger partial charge in [-0.1, -0.05) is 66.5 Å². The fourth-order valence-corrected chi connectivity index (χ4v) is 2.64. The van der Waals surface area contributed by atoms with Crippen LogP contribution in [-0.4, -0.2) is 5.91 Å². The Balaban J connectivity index is 2.36. The molecule has 2 aromatic carbocycles. The summed E-state index contributed by atoms with van der Waals surface area (Å²) in [5.41, 5.74) is 2.17. The van der Waals surface area contributed by atoms with Crippen LogP contribution in [0.2, 0.25) is 5.02 Å². The fraction of sp³-hybridized carbons (Fsp3) is 0.235. The van der Waals surface area contributed by atoms with Crippen LogP contribution in [0, 0.1) is 0 Å². The second-order valence-electron chi connectivity index (χ2n) is 5.87. The number of hydrogen-bond donors (Lipinski definition) is 1. The van der Waals surface area contributed by atoms with Crippen LogP contribution >= 0.6 is 27.5 Å². The van der Waals surface area contributed by atoms with Gasteiger partial charge in [0.2, 0.25) is 0 Å². The van der Waals surface area contributed by atoms with Gasteiger partial charge in [0, 0.05) is 10.0 Å². The molecule has 0 aliphatic heterocycles. The van der Waals surface area contributed by atoms with Crippen molar-refractivity contribution in [3.05, 3.63) is 63.1 Å². The molecular formula is C17H17BrClNO. The van der Waals surface area contributed by atoms with E-state index in [1.165, 1.54) is 0 Å². The zero-order valence-electron chi connectivity index (χ0n) is 12.2. The van der Waals surface area contributed by atoms with Gasteiger partial charge in [-0.25, -0.2) is 0 Å². The number of amides is 1. The van der Waals surface area contributed by atoms with Crippen molar-refractivity contribution < 1.29 is 4.79 Å². The molecule has 0 spiro atoms. The van der Waals surface area contributed by atoms with Crippen LogP contribution < -0.4 is 5.32 Å². The Labute approximate surface area is 138 Å². The fourth-order valence-electron chi connectivity index (χ4n) is 2.12. The average Bonchev–Trinajstić information content (AvgIpc) is 2.42. The summed E-state index contributed by atoms with van der Waals surface area (Å²) in [5, 5.41) is 3.39. The molecule has 110 valence electrons. The lowest BCUT2D eigenvalue weighted by molar-refractivity contribution is 0.102. The highest BCUT2D eigenvalue weighted by Crippen LogP contribution is 2.29. The zero-order chi connectivity index (χ0) is 15.6. The van der Waals surface area contributed by atoms with Crippen molar-refractivity contribution >= 4 is 39.1 Å². The molecule has 0 bridgehead atoms. The average molecular weight is 367 g/mol. The van der Waals surface area contributed by atoms with Crippen molar-refractivity contribution in [1.29, 1.82) is 0 Å². The Bertz CT molecular complexity index is 677. The first kappa shape index (κ1) is 16.1. The Hall–Kier alpha value is -1.32. The molecule has 0 aliphatic carbocycles. The summed E-state index contributed by atoms with van der Waals surface area (Å²) in [6, 6.07) is 13.0. The lowest BCUT2D eigenvalue weighted by Crippen LogP contribution is -2.21. The van der Waals surface area contributed by atoms with Crippen molar-refractivity contribution in [1.82, 2.24) is 0 Å². The van der Waals surface area contributed by atoms with Crippen molar-refractivity contribution in [2.24, 2.45) is 0 Å². The Kier molecular flexibility index (Phi) is 4.74. The third-order valence-electron chi connectivity index (χ3n) is 3.16. The molecule has 0 aromatic heterocycles. The minimum atomic E-state index is -0.152. The molecule has 0 atom stereocenters. The summed E-state index contributed by atoms with van der Waals surface area (Å²) < 4.78 is 0.867. The number of nitrogens with one attached hydrogen (secondary N) is 1. The van der Waals surface area contributed by atoms with E-state index in [0.717, 1.165) is 10.0 Å². The van der Waals surface area contributed by atoms with Crippen LogP contribution in [0.5, 0.6) is 0 Å². The largest absolute Gasteiger partial charge is 0.321 e. The number of anilines is 1. The zero-order valence-corrected chi connectivity index (χ0v) is 14.5. The van der Waals surface area contributed by atoms with Gasteiger partial charge in [0.25, 0.3) is 5.91 Å². The summed E-state index contributed by atoms with van der Waals surface area (Å²) in [6.45, 7) is 6.27. The summed E-state index contributed by atoms with van der Waals surface area (Å²) in [7, 11) is 0. The number of halogens is 2. The third kappa shape index (κ3) is 3.86. The predicted octanol–water partition coefficient (Wildman–Crippen LogP) is 5.65. The number of benzene rings is 2. The van der Waals surface area contributed by atoms with E-state index in [0.29, 0.717) is 16.3 Å². The number of carbonyl (C=O) groups is 1. The normalized spacial score (nSPS) is 11.3. The molecule has 2 aromatic rings. The van der Waals surface area contributed by atoms with Crippen LogP contribution in [0.3, 0.4) is 0 Å². The molecule has 21 heavy (non-hydrogen) atoms. The quantitative estimate of drug-likeness (QED) is 0.731. The van der Waals surface area contributed by atoms with Gasteiger partial charge in [-0.2, -0.15) is 0 Å². The highest BCUT2D eigenvalue weighted by Gasteiger charge is 2.21. The van der Waals surface area contributed by atoms with Crippen molar-refractivity contribution in [2.75, 3.05) is 5.32 Å².